The quantitative estimate of drug-likeness (QED) is 0.422. The summed E-state index contributed by atoms with van der Waals surface area (Å²) in [4.78, 5) is 10.8. The molecule has 0 unspecified atom stereocenters. The van der Waals surface area contributed by atoms with Gasteiger partial charge >= 0.3 is 0 Å². The Hall–Kier alpha value is -2.10. The second-order valence-corrected chi connectivity index (χ2v) is 8.99. The summed E-state index contributed by atoms with van der Waals surface area (Å²) in [5.41, 5.74) is 8.56. The van der Waals surface area contributed by atoms with Crippen molar-refractivity contribution >= 4 is 17.7 Å². The molecule has 3 rings (SSSR count). The molecule has 0 spiro atoms. The van der Waals surface area contributed by atoms with Crippen molar-refractivity contribution in [3.8, 4) is 5.75 Å². The lowest BCUT2D eigenvalue weighted by Crippen LogP contribution is -2.52. The average molecular weight is 462 g/mol. The van der Waals surface area contributed by atoms with Gasteiger partial charge in [-0.3, -0.25) is 4.79 Å². The number of primary amides is 1. The van der Waals surface area contributed by atoms with Gasteiger partial charge in [0.05, 0.1) is 6.61 Å². The van der Waals surface area contributed by atoms with Crippen molar-refractivity contribution in [3.63, 3.8) is 0 Å². The summed E-state index contributed by atoms with van der Waals surface area (Å²) < 4.78 is 11.5. The summed E-state index contributed by atoms with van der Waals surface area (Å²) >= 11 is 1.30. The van der Waals surface area contributed by atoms with Crippen LogP contribution in [0.25, 0.3) is 0 Å². The summed E-state index contributed by atoms with van der Waals surface area (Å²) in [7, 11) is 0. The minimum absolute atomic E-state index is 0.306. The normalized spacial score (nSPS) is 25.5. The zero-order valence-electron chi connectivity index (χ0n) is 18.3. The second-order valence-electron chi connectivity index (χ2n) is 8.06. The molecule has 174 valence electrons. The third-order valence-corrected chi connectivity index (χ3v) is 6.51. The summed E-state index contributed by atoms with van der Waals surface area (Å²) in [5.74, 6) is 0.403. The van der Waals surface area contributed by atoms with E-state index in [-0.39, 0.29) is 5.91 Å². The maximum atomic E-state index is 10.8. The highest BCUT2D eigenvalue weighted by atomic mass is 32.2. The number of hydrogen-bond donors (Lipinski definition) is 4. The number of carbonyl (C=O) groups is 1. The first-order valence-electron chi connectivity index (χ1n) is 10.6. The van der Waals surface area contributed by atoms with E-state index >= 15 is 0 Å². The van der Waals surface area contributed by atoms with Crippen molar-refractivity contribution in [1.82, 2.24) is 0 Å². The lowest BCUT2D eigenvalue weighted by molar-refractivity contribution is -0.200. The predicted molar refractivity (Wildman–Crippen MR) is 123 cm³/mol. The minimum atomic E-state index is -1.27. The minimum Gasteiger partial charge on any atom is -0.494 e. The lowest BCUT2D eigenvalue weighted by Gasteiger charge is -2.40. The number of ether oxygens (including phenoxy) is 2. The molecular weight excluding hydrogens is 430 g/mol. The Morgan fingerprint density at radius 1 is 1.09 bits per heavy atom. The molecule has 7 nitrogen and oxygen atoms in total. The van der Waals surface area contributed by atoms with Crippen LogP contribution in [0, 0.1) is 6.92 Å². The number of aryl methyl sites for hydroxylation is 1. The van der Waals surface area contributed by atoms with Gasteiger partial charge in [-0.2, -0.15) is 0 Å². The lowest BCUT2D eigenvalue weighted by atomic mass is 9.91. The number of aliphatic hydroxyl groups excluding tert-OH is 3. The molecule has 1 heterocycles. The molecule has 1 amide bonds. The molecule has 2 aromatic carbocycles. The summed E-state index contributed by atoms with van der Waals surface area (Å²) in [5, 5.41) is 30.8. The molecule has 1 aliphatic heterocycles. The average Bonchev–Trinajstić information content (AvgIpc) is 2.78. The molecule has 0 saturated carbocycles. The van der Waals surface area contributed by atoms with Crippen molar-refractivity contribution in [2.45, 2.75) is 56.0 Å². The van der Waals surface area contributed by atoms with Crippen LogP contribution >= 0.6 is 11.8 Å². The summed E-state index contributed by atoms with van der Waals surface area (Å²) in [6.07, 6.45) is -0.981. The van der Waals surface area contributed by atoms with E-state index in [2.05, 4.69) is 0 Å². The van der Waals surface area contributed by atoms with Crippen molar-refractivity contribution in [2.75, 3.05) is 12.9 Å². The largest absolute Gasteiger partial charge is 0.494 e. The van der Waals surface area contributed by atoms with Gasteiger partial charge in [0.15, 0.2) is 0 Å². The van der Waals surface area contributed by atoms with Gasteiger partial charge in [0, 0.05) is 6.42 Å². The molecule has 0 radical (unpaired) electrons. The van der Waals surface area contributed by atoms with Crippen LogP contribution in [0.3, 0.4) is 0 Å². The smallest absolute Gasteiger partial charge is 0.217 e. The van der Waals surface area contributed by atoms with Crippen LogP contribution < -0.4 is 10.5 Å². The van der Waals surface area contributed by atoms with Crippen molar-refractivity contribution in [3.05, 3.63) is 64.7 Å². The Labute approximate surface area is 192 Å². The number of thioether (sulfide) groups is 1. The third-order valence-electron chi connectivity index (χ3n) is 5.66. The standard InChI is InChI=1S/C24H31NO6S/c1-14-5-8-16(23-21(28)20(27)22(29)24(31-23)32-2)13-17(14)12-15-6-9-18(10-7-15)30-11-3-4-19(25)26/h5-10,13,20-24,27-29H,3-4,11-12H2,1-2H3,(H2,25,26)/t20-,21-,22+,23+,24-/m1/s1. The number of rotatable bonds is 9. The number of hydrogen-bond acceptors (Lipinski definition) is 7. The van der Waals surface area contributed by atoms with Crippen LogP contribution in [0.2, 0.25) is 0 Å². The van der Waals surface area contributed by atoms with Crippen LogP contribution in [-0.2, 0) is 16.0 Å². The molecular formula is C24H31NO6S. The topological polar surface area (TPSA) is 122 Å². The van der Waals surface area contributed by atoms with E-state index in [4.69, 9.17) is 15.2 Å². The molecule has 8 heteroatoms. The van der Waals surface area contributed by atoms with Gasteiger partial charge in [0.2, 0.25) is 5.91 Å². The van der Waals surface area contributed by atoms with Gasteiger partial charge in [0.1, 0.15) is 35.6 Å². The van der Waals surface area contributed by atoms with Crippen LogP contribution in [0.15, 0.2) is 42.5 Å². The molecule has 1 aliphatic rings. The molecule has 0 bridgehead atoms. The van der Waals surface area contributed by atoms with E-state index in [1.165, 1.54) is 11.8 Å². The second kappa shape index (κ2) is 11.2. The van der Waals surface area contributed by atoms with E-state index in [0.717, 1.165) is 28.0 Å². The fraction of sp³-hybridized carbons (Fsp3) is 0.458. The van der Waals surface area contributed by atoms with Crippen LogP contribution in [0.4, 0.5) is 0 Å². The number of aliphatic hydroxyl groups is 3. The number of amides is 1. The molecule has 0 aromatic heterocycles. The Kier molecular flexibility index (Phi) is 8.56. The van der Waals surface area contributed by atoms with Gasteiger partial charge < -0.3 is 30.5 Å². The van der Waals surface area contributed by atoms with Gasteiger partial charge in [-0.05, 0) is 60.4 Å². The van der Waals surface area contributed by atoms with Gasteiger partial charge in [-0.15, -0.1) is 11.8 Å². The Balaban J connectivity index is 1.69. The summed E-state index contributed by atoms with van der Waals surface area (Å²) in [6.45, 7) is 2.46. The molecule has 5 N–H and O–H groups in total. The van der Waals surface area contributed by atoms with Gasteiger partial charge in [-0.25, -0.2) is 0 Å². The SMILES string of the molecule is CS[C@H]1O[C@@H](c2ccc(C)c(Cc3ccc(OCCCC(N)=O)cc3)c2)[C@H](O)[C@@H](O)[C@@H]1O. The highest BCUT2D eigenvalue weighted by molar-refractivity contribution is 7.99. The van der Waals surface area contributed by atoms with Crippen molar-refractivity contribution in [1.29, 1.82) is 0 Å². The zero-order valence-corrected chi connectivity index (χ0v) is 19.1. The zero-order chi connectivity index (χ0) is 23.3. The number of benzene rings is 2. The van der Waals surface area contributed by atoms with Gasteiger partial charge in [-0.1, -0.05) is 30.3 Å². The Bertz CT molecular complexity index is 904. The van der Waals surface area contributed by atoms with Crippen molar-refractivity contribution < 1.29 is 29.6 Å². The Morgan fingerprint density at radius 3 is 2.47 bits per heavy atom. The highest BCUT2D eigenvalue weighted by Crippen LogP contribution is 2.36. The molecule has 1 saturated heterocycles. The monoisotopic (exact) mass is 461 g/mol. The third kappa shape index (κ3) is 6.02. The first-order valence-corrected chi connectivity index (χ1v) is 11.9. The van der Waals surface area contributed by atoms with E-state index in [9.17, 15) is 20.1 Å². The van der Waals surface area contributed by atoms with E-state index in [1.807, 2.05) is 49.4 Å². The Morgan fingerprint density at radius 2 is 1.81 bits per heavy atom. The van der Waals surface area contributed by atoms with E-state index in [0.29, 0.717) is 25.9 Å². The molecule has 2 aromatic rings. The first-order chi connectivity index (χ1) is 15.3. The van der Waals surface area contributed by atoms with E-state index < -0.39 is 29.9 Å². The molecule has 32 heavy (non-hydrogen) atoms. The number of carbonyl (C=O) groups excluding carboxylic acids is 1. The molecule has 0 aliphatic carbocycles. The van der Waals surface area contributed by atoms with Crippen LogP contribution in [-0.4, -0.2) is 57.8 Å². The van der Waals surface area contributed by atoms with Crippen LogP contribution in [0.5, 0.6) is 5.75 Å². The van der Waals surface area contributed by atoms with E-state index in [1.54, 1.807) is 6.26 Å². The van der Waals surface area contributed by atoms with Gasteiger partial charge in [0.25, 0.3) is 0 Å². The maximum absolute atomic E-state index is 10.8. The molecule has 5 atom stereocenters. The first kappa shape index (κ1) is 24.5. The summed E-state index contributed by atoms with van der Waals surface area (Å²) in [6, 6.07) is 13.6. The highest BCUT2D eigenvalue weighted by Gasteiger charge is 2.44. The predicted octanol–water partition coefficient (Wildman–Crippen LogP) is 2.07. The van der Waals surface area contributed by atoms with Crippen molar-refractivity contribution in [2.24, 2.45) is 5.73 Å². The number of nitrogens with two attached hydrogens (primary N) is 1. The fourth-order valence-corrected chi connectivity index (χ4v) is 4.41. The fourth-order valence-electron chi connectivity index (χ4n) is 3.74. The van der Waals surface area contributed by atoms with Crippen LogP contribution in [0.1, 0.15) is 41.2 Å². The maximum Gasteiger partial charge on any atom is 0.217 e. The molecule has 1 fully saturated rings.